The van der Waals surface area contributed by atoms with Crippen molar-refractivity contribution < 1.29 is 13.9 Å². The van der Waals surface area contributed by atoms with E-state index >= 15 is 0 Å². The number of fused-ring (bicyclic) bond motifs is 1. The minimum Gasteiger partial charge on any atom is -0.406 e. The highest BCUT2D eigenvalue weighted by molar-refractivity contribution is 7.98. The van der Waals surface area contributed by atoms with Gasteiger partial charge in [-0.3, -0.25) is 4.79 Å². The van der Waals surface area contributed by atoms with Gasteiger partial charge < -0.3 is 9.53 Å². The van der Waals surface area contributed by atoms with E-state index in [4.69, 9.17) is 14.5 Å². The molecule has 0 aliphatic carbocycles. The SMILES string of the molecule is C=CCn1c(=O)c2cnc(SC)nc2n1-c1cccc(C(C)(CC/C=C(\F)CO)O[Si](CC)(CC)CC)n1. The van der Waals surface area contributed by atoms with Crippen LogP contribution in [-0.4, -0.2) is 50.6 Å². The summed E-state index contributed by atoms with van der Waals surface area (Å²) in [6.45, 7) is 12.0. The van der Waals surface area contributed by atoms with Gasteiger partial charge in [-0.1, -0.05) is 50.8 Å². The predicted octanol–water partition coefficient (Wildman–Crippen LogP) is 5.75. The van der Waals surface area contributed by atoms with Gasteiger partial charge in [-0.15, -0.1) is 6.58 Å². The second-order valence-electron chi connectivity index (χ2n) is 9.39. The van der Waals surface area contributed by atoms with Gasteiger partial charge in [-0.25, -0.2) is 28.7 Å². The molecule has 3 aromatic heterocycles. The van der Waals surface area contributed by atoms with E-state index in [1.807, 2.05) is 31.4 Å². The van der Waals surface area contributed by atoms with Crippen LogP contribution in [0.2, 0.25) is 18.1 Å². The number of aliphatic hydroxyl groups excluding tert-OH is 1. The average molecular weight is 560 g/mol. The quantitative estimate of drug-likeness (QED) is 0.116. The molecule has 0 spiro atoms. The molecule has 3 rings (SSSR count). The first-order valence-corrected chi connectivity index (χ1v) is 16.7. The number of pyridine rings is 1. The van der Waals surface area contributed by atoms with E-state index in [0.717, 1.165) is 18.1 Å². The molecule has 3 aromatic rings. The Kier molecular flexibility index (Phi) is 10.2. The molecule has 0 saturated heterocycles. The molecule has 1 atom stereocenters. The van der Waals surface area contributed by atoms with E-state index < -0.39 is 26.4 Å². The van der Waals surface area contributed by atoms with Crippen LogP contribution < -0.4 is 5.56 Å². The van der Waals surface area contributed by atoms with Gasteiger partial charge in [0, 0.05) is 6.20 Å². The van der Waals surface area contributed by atoms with E-state index in [0.29, 0.717) is 40.5 Å². The van der Waals surface area contributed by atoms with E-state index in [1.165, 1.54) is 17.8 Å². The fourth-order valence-corrected chi connectivity index (χ4v) is 8.14. The van der Waals surface area contributed by atoms with Crippen LogP contribution in [0.1, 0.15) is 46.2 Å². The number of thioether (sulfide) groups is 1. The molecule has 0 aromatic carbocycles. The Balaban J connectivity index is 2.21. The summed E-state index contributed by atoms with van der Waals surface area (Å²) in [7, 11) is -2.10. The van der Waals surface area contributed by atoms with Crippen molar-refractivity contribution in [1.82, 2.24) is 24.3 Å². The molecule has 0 aliphatic rings. The van der Waals surface area contributed by atoms with Crippen LogP contribution in [-0.2, 0) is 16.6 Å². The topological polar surface area (TPSA) is 95.1 Å². The van der Waals surface area contributed by atoms with Crippen LogP contribution in [0, 0.1) is 0 Å². The highest BCUT2D eigenvalue weighted by Crippen LogP contribution is 2.37. The molecule has 0 bridgehead atoms. The Bertz CT molecular complexity index is 1350. The fourth-order valence-electron chi connectivity index (χ4n) is 4.71. The molecule has 8 nitrogen and oxygen atoms in total. The zero-order chi connectivity index (χ0) is 27.9. The second kappa shape index (κ2) is 13.0. The van der Waals surface area contributed by atoms with Crippen molar-refractivity contribution in [2.24, 2.45) is 0 Å². The van der Waals surface area contributed by atoms with Crippen LogP contribution >= 0.6 is 11.8 Å². The molecule has 0 fully saturated rings. The van der Waals surface area contributed by atoms with Crippen molar-refractivity contribution in [3.05, 3.63) is 65.0 Å². The standard InChI is InChI=1S/C27H38FN5O3SSi/c1-7-17-32-25(35)21-18-29-26(37-6)31-24(21)33(32)23-15-11-14-22(30-23)27(5,16-12-13-20(28)19-34)36-38(8-2,9-3)10-4/h7,11,13-15,18,34H,1,8-10,12,16-17,19H2,2-6H3/b20-13-. The van der Waals surface area contributed by atoms with Gasteiger partial charge in [-0.05, 0) is 56.3 Å². The Morgan fingerprint density at radius 2 is 1.97 bits per heavy atom. The van der Waals surface area contributed by atoms with E-state index in [-0.39, 0.29) is 12.1 Å². The summed E-state index contributed by atoms with van der Waals surface area (Å²) in [6.07, 6.45) is 7.36. The van der Waals surface area contributed by atoms with E-state index in [2.05, 4.69) is 37.3 Å². The van der Waals surface area contributed by atoms with Crippen molar-refractivity contribution in [2.75, 3.05) is 12.9 Å². The average Bonchev–Trinajstić information content (AvgIpc) is 3.22. The fraction of sp³-hybridized carbons (Fsp3) is 0.481. The summed E-state index contributed by atoms with van der Waals surface area (Å²) in [5.74, 6) is -0.0403. The highest BCUT2D eigenvalue weighted by Gasteiger charge is 2.40. The van der Waals surface area contributed by atoms with Crippen molar-refractivity contribution >= 4 is 31.1 Å². The van der Waals surface area contributed by atoms with E-state index in [9.17, 15) is 9.18 Å². The van der Waals surface area contributed by atoms with Crippen molar-refractivity contribution in [2.45, 2.75) is 76.0 Å². The van der Waals surface area contributed by atoms with Crippen molar-refractivity contribution in [1.29, 1.82) is 0 Å². The number of hydrogen-bond acceptors (Lipinski definition) is 7. The second-order valence-corrected chi connectivity index (χ2v) is 14.9. The Morgan fingerprint density at radius 3 is 2.58 bits per heavy atom. The largest absolute Gasteiger partial charge is 0.406 e. The number of rotatable bonds is 14. The predicted molar refractivity (Wildman–Crippen MR) is 154 cm³/mol. The van der Waals surface area contributed by atoms with Crippen molar-refractivity contribution in [3.8, 4) is 5.82 Å². The highest BCUT2D eigenvalue weighted by atomic mass is 32.2. The summed E-state index contributed by atoms with van der Waals surface area (Å²) >= 11 is 1.39. The maximum atomic E-state index is 13.8. The lowest BCUT2D eigenvalue weighted by Crippen LogP contribution is -2.44. The van der Waals surface area contributed by atoms with Gasteiger partial charge in [0.15, 0.2) is 24.9 Å². The first-order chi connectivity index (χ1) is 18.2. The number of nitrogens with zero attached hydrogens (tertiary/aromatic N) is 5. The molecular formula is C27H38FN5O3SSi. The summed E-state index contributed by atoms with van der Waals surface area (Å²) in [5.41, 5.74) is 0.134. The monoisotopic (exact) mass is 559 g/mol. The third kappa shape index (κ3) is 6.17. The Hall–Kier alpha value is -2.60. The summed E-state index contributed by atoms with van der Waals surface area (Å²) in [4.78, 5) is 27.2. The number of halogens is 1. The van der Waals surface area contributed by atoms with Gasteiger partial charge in [0.05, 0.1) is 24.4 Å². The molecule has 11 heteroatoms. The molecule has 1 N–H and O–H groups in total. The number of hydrogen-bond donors (Lipinski definition) is 1. The lowest BCUT2D eigenvalue weighted by molar-refractivity contribution is 0.0597. The molecule has 3 heterocycles. The molecule has 0 saturated carbocycles. The van der Waals surface area contributed by atoms with E-state index in [1.54, 1.807) is 21.6 Å². The maximum absolute atomic E-state index is 13.8. The number of aliphatic hydroxyl groups is 1. The molecule has 0 aliphatic heterocycles. The number of allylic oxidation sites excluding steroid dienone is 2. The summed E-state index contributed by atoms with van der Waals surface area (Å²) in [5, 5.41) is 10.1. The Morgan fingerprint density at radius 1 is 1.26 bits per heavy atom. The first-order valence-electron chi connectivity index (χ1n) is 13.0. The van der Waals surface area contributed by atoms with Gasteiger partial charge >= 0.3 is 0 Å². The van der Waals surface area contributed by atoms with Crippen LogP contribution in [0.25, 0.3) is 16.9 Å². The Labute approximate surface area is 228 Å². The van der Waals surface area contributed by atoms with Crippen LogP contribution in [0.3, 0.4) is 0 Å². The molecule has 0 amide bonds. The van der Waals surface area contributed by atoms with Crippen LogP contribution in [0.15, 0.2) is 58.9 Å². The molecule has 1 unspecified atom stereocenters. The zero-order valence-corrected chi connectivity index (χ0v) is 24.7. The zero-order valence-electron chi connectivity index (χ0n) is 22.9. The lowest BCUT2D eigenvalue weighted by Gasteiger charge is -2.40. The van der Waals surface area contributed by atoms with Crippen LogP contribution in [0.5, 0.6) is 0 Å². The summed E-state index contributed by atoms with van der Waals surface area (Å²) in [6, 6.07) is 8.49. The molecule has 38 heavy (non-hydrogen) atoms. The molecular weight excluding hydrogens is 521 g/mol. The minimum atomic E-state index is -2.10. The first kappa shape index (κ1) is 29.9. The van der Waals surface area contributed by atoms with Gasteiger partial charge in [0.2, 0.25) is 0 Å². The summed E-state index contributed by atoms with van der Waals surface area (Å²) < 4.78 is 24.0. The third-order valence-electron chi connectivity index (χ3n) is 7.14. The minimum absolute atomic E-state index is 0.224. The maximum Gasteiger partial charge on any atom is 0.278 e. The van der Waals surface area contributed by atoms with Crippen LogP contribution in [0.4, 0.5) is 4.39 Å². The van der Waals surface area contributed by atoms with Gasteiger partial charge in [0.25, 0.3) is 5.56 Å². The van der Waals surface area contributed by atoms with Gasteiger partial charge in [0.1, 0.15) is 11.2 Å². The lowest BCUT2D eigenvalue weighted by atomic mass is 9.95. The smallest absolute Gasteiger partial charge is 0.278 e. The molecule has 0 radical (unpaired) electrons. The third-order valence-corrected chi connectivity index (χ3v) is 12.5. The number of aromatic nitrogens is 5. The van der Waals surface area contributed by atoms with Crippen molar-refractivity contribution in [3.63, 3.8) is 0 Å². The molecule has 206 valence electrons. The van der Waals surface area contributed by atoms with Gasteiger partial charge in [-0.2, -0.15) is 0 Å². The normalized spacial score (nSPS) is 14.1.